The molecule has 90 valence electrons. The molecule has 0 saturated heterocycles. The number of aryl methyl sites for hydroxylation is 1. The molecule has 1 aromatic carbocycles. The molecule has 0 amide bonds. The van der Waals surface area contributed by atoms with Gasteiger partial charge in [0.05, 0.1) is 11.3 Å². The topological polar surface area (TPSA) is 30.9 Å². The number of hydrogen-bond acceptors (Lipinski definition) is 1. The zero-order valence-electron chi connectivity index (χ0n) is 9.12. The van der Waals surface area contributed by atoms with E-state index in [4.69, 9.17) is 5.73 Å². The van der Waals surface area contributed by atoms with Crippen molar-refractivity contribution in [1.82, 2.24) is 4.57 Å². The van der Waals surface area contributed by atoms with Crippen molar-refractivity contribution in [3.63, 3.8) is 0 Å². The summed E-state index contributed by atoms with van der Waals surface area (Å²) in [4.78, 5) is 0. The minimum Gasteiger partial charge on any atom is -0.397 e. The largest absolute Gasteiger partial charge is 0.416 e. The van der Waals surface area contributed by atoms with Gasteiger partial charge in [0.2, 0.25) is 0 Å². The molecule has 0 aliphatic heterocycles. The Kier molecular flexibility index (Phi) is 2.61. The second kappa shape index (κ2) is 3.84. The number of benzene rings is 1. The molecule has 2 nitrogen and oxygen atoms in total. The van der Waals surface area contributed by atoms with Gasteiger partial charge in [0.25, 0.3) is 0 Å². The summed E-state index contributed by atoms with van der Waals surface area (Å²) < 4.78 is 39.4. The SMILES string of the molecule is Cn1cc(N)c(-c2cccc(C(F)(F)F)c2)c1. The molecule has 0 fully saturated rings. The van der Waals surface area contributed by atoms with Crippen molar-refractivity contribution in [2.75, 3.05) is 5.73 Å². The number of hydrogen-bond donors (Lipinski definition) is 1. The molecule has 0 bridgehead atoms. The number of nitrogen functional groups attached to an aromatic ring is 1. The van der Waals surface area contributed by atoms with Crippen LogP contribution in [0.4, 0.5) is 18.9 Å². The lowest BCUT2D eigenvalue weighted by molar-refractivity contribution is -0.137. The van der Waals surface area contributed by atoms with Crippen LogP contribution in [0.1, 0.15) is 5.56 Å². The van der Waals surface area contributed by atoms with Gasteiger partial charge in [-0.05, 0) is 17.7 Å². The highest BCUT2D eigenvalue weighted by atomic mass is 19.4. The molecule has 5 heteroatoms. The zero-order chi connectivity index (χ0) is 12.6. The fourth-order valence-corrected chi connectivity index (χ4v) is 1.71. The Balaban J connectivity index is 2.50. The van der Waals surface area contributed by atoms with Crippen LogP contribution in [0.2, 0.25) is 0 Å². The zero-order valence-corrected chi connectivity index (χ0v) is 9.12. The van der Waals surface area contributed by atoms with Gasteiger partial charge in [-0.1, -0.05) is 12.1 Å². The minimum absolute atomic E-state index is 0.465. The van der Waals surface area contributed by atoms with Crippen molar-refractivity contribution in [2.24, 2.45) is 7.05 Å². The van der Waals surface area contributed by atoms with E-state index < -0.39 is 11.7 Å². The number of halogens is 3. The lowest BCUT2D eigenvalue weighted by Gasteiger charge is -2.08. The molecule has 0 radical (unpaired) electrons. The van der Waals surface area contributed by atoms with Gasteiger partial charge in [0.15, 0.2) is 0 Å². The molecule has 0 spiro atoms. The van der Waals surface area contributed by atoms with Crippen LogP contribution in [0.5, 0.6) is 0 Å². The van der Waals surface area contributed by atoms with Gasteiger partial charge in [-0.3, -0.25) is 0 Å². The van der Waals surface area contributed by atoms with Crippen LogP contribution in [0, 0.1) is 0 Å². The third kappa shape index (κ3) is 2.27. The van der Waals surface area contributed by atoms with E-state index in [1.54, 1.807) is 30.1 Å². The van der Waals surface area contributed by atoms with E-state index in [0.29, 0.717) is 16.8 Å². The van der Waals surface area contributed by atoms with Crippen LogP contribution < -0.4 is 5.73 Å². The molecule has 2 N–H and O–H groups in total. The molecule has 0 saturated carbocycles. The summed E-state index contributed by atoms with van der Waals surface area (Å²) in [6.45, 7) is 0. The molecule has 0 aliphatic carbocycles. The summed E-state index contributed by atoms with van der Waals surface area (Å²) in [5.41, 5.74) is 6.61. The van der Waals surface area contributed by atoms with Crippen LogP contribution in [-0.2, 0) is 13.2 Å². The average molecular weight is 240 g/mol. The van der Waals surface area contributed by atoms with Gasteiger partial charge < -0.3 is 10.3 Å². The molecule has 1 aromatic heterocycles. The summed E-state index contributed by atoms with van der Waals surface area (Å²) in [5, 5.41) is 0. The average Bonchev–Trinajstić information content (AvgIpc) is 2.57. The predicted molar refractivity (Wildman–Crippen MR) is 60.3 cm³/mol. The maximum Gasteiger partial charge on any atom is 0.416 e. The first-order valence-corrected chi connectivity index (χ1v) is 4.97. The van der Waals surface area contributed by atoms with Gasteiger partial charge in [0.1, 0.15) is 0 Å². The Morgan fingerprint density at radius 3 is 2.41 bits per heavy atom. The number of rotatable bonds is 1. The number of alkyl halides is 3. The van der Waals surface area contributed by atoms with Crippen molar-refractivity contribution < 1.29 is 13.2 Å². The third-order valence-electron chi connectivity index (χ3n) is 2.49. The van der Waals surface area contributed by atoms with Crippen molar-refractivity contribution in [3.8, 4) is 11.1 Å². The molecule has 0 unspecified atom stereocenters. The summed E-state index contributed by atoms with van der Waals surface area (Å²) >= 11 is 0. The summed E-state index contributed by atoms with van der Waals surface area (Å²) in [5.74, 6) is 0. The van der Waals surface area contributed by atoms with E-state index in [1.807, 2.05) is 0 Å². The minimum atomic E-state index is -4.33. The Hall–Kier alpha value is -1.91. The summed E-state index contributed by atoms with van der Waals surface area (Å²) in [6.07, 6.45) is -0.972. The second-order valence-electron chi connectivity index (χ2n) is 3.87. The molecule has 0 aliphatic rings. The van der Waals surface area contributed by atoms with Crippen molar-refractivity contribution in [1.29, 1.82) is 0 Å². The van der Waals surface area contributed by atoms with Crippen LogP contribution >= 0.6 is 0 Å². The molecule has 2 aromatic rings. The van der Waals surface area contributed by atoms with Gasteiger partial charge in [-0.25, -0.2) is 0 Å². The van der Waals surface area contributed by atoms with Gasteiger partial charge in [-0.15, -0.1) is 0 Å². The first-order chi connectivity index (χ1) is 7.88. The van der Waals surface area contributed by atoms with Crippen molar-refractivity contribution in [2.45, 2.75) is 6.18 Å². The van der Waals surface area contributed by atoms with Gasteiger partial charge in [-0.2, -0.15) is 13.2 Å². The maximum absolute atomic E-state index is 12.6. The number of nitrogens with zero attached hydrogens (tertiary/aromatic N) is 1. The Morgan fingerprint density at radius 2 is 1.88 bits per heavy atom. The Bertz CT molecular complexity index is 541. The van der Waals surface area contributed by atoms with Gasteiger partial charge >= 0.3 is 6.18 Å². The highest BCUT2D eigenvalue weighted by Gasteiger charge is 2.30. The normalized spacial score (nSPS) is 11.8. The highest BCUT2D eigenvalue weighted by Crippen LogP contribution is 2.33. The van der Waals surface area contributed by atoms with Crippen LogP contribution in [-0.4, -0.2) is 4.57 Å². The van der Waals surface area contributed by atoms with Crippen LogP contribution in [0.15, 0.2) is 36.7 Å². The molecule has 17 heavy (non-hydrogen) atoms. The van der Waals surface area contributed by atoms with E-state index >= 15 is 0 Å². The molecule has 2 rings (SSSR count). The first kappa shape index (κ1) is 11.6. The smallest absolute Gasteiger partial charge is 0.397 e. The Labute approximate surface area is 96.5 Å². The highest BCUT2D eigenvalue weighted by molar-refractivity contribution is 5.76. The predicted octanol–water partition coefficient (Wildman–Crippen LogP) is 3.29. The number of nitrogens with two attached hydrogens (primary N) is 1. The molecule has 0 atom stereocenters. The lowest BCUT2D eigenvalue weighted by Crippen LogP contribution is -2.04. The van der Waals surface area contributed by atoms with Crippen LogP contribution in [0.25, 0.3) is 11.1 Å². The van der Waals surface area contributed by atoms with E-state index in [-0.39, 0.29) is 0 Å². The maximum atomic E-state index is 12.6. The second-order valence-corrected chi connectivity index (χ2v) is 3.87. The quantitative estimate of drug-likeness (QED) is 0.814. The summed E-state index contributed by atoms with van der Waals surface area (Å²) in [6, 6.07) is 5.14. The fraction of sp³-hybridized carbons (Fsp3) is 0.167. The fourth-order valence-electron chi connectivity index (χ4n) is 1.71. The van der Waals surface area contributed by atoms with E-state index in [2.05, 4.69) is 0 Å². The van der Waals surface area contributed by atoms with Crippen molar-refractivity contribution in [3.05, 3.63) is 42.2 Å². The standard InChI is InChI=1S/C12H11F3N2/c1-17-6-10(11(16)7-17)8-3-2-4-9(5-8)12(13,14)15/h2-7H,16H2,1H3. The van der Waals surface area contributed by atoms with Gasteiger partial charge in [0, 0.05) is 25.0 Å². The third-order valence-corrected chi connectivity index (χ3v) is 2.49. The summed E-state index contributed by atoms with van der Waals surface area (Å²) in [7, 11) is 1.77. The molecular weight excluding hydrogens is 229 g/mol. The van der Waals surface area contributed by atoms with Crippen molar-refractivity contribution >= 4 is 5.69 Å². The molecule has 1 heterocycles. The lowest BCUT2D eigenvalue weighted by atomic mass is 10.0. The van der Waals surface area contributed by atoms with E-state index in [0.717, 1.165) is 12.1 Å². The number of aromatic nitrogens is 1. The number of anilines is 1. The first-order valence-electron chi connectivity index (χ1n) is 4.97. The Morgan fingerprint density at radius 1 is 1.18 bits per heavy atom. The van der Waals surface area contributed by atoms with Crippen LogP contribution in [0.3, 0.4) is 0 Å². The van der Waals surface area contributed by atoms with E-state index in [9.17, 15) is 13.2 Å². The van der Waals surface area contributed by atoms with E-state index in [1.165, 1.54) is 6.07 Å². The molecular formula is C12H11F3N2. The monoisotopic (exact) mass is 240 g/mol.